The smallest absolute Gasteiger partial charge is 0.336 e. The number of aliphatic imine (C=N–C) groups is 1. The normalized spacial score (nSPS) is 13.1. The molecule has 3 nitrogen and oxygen atoms in total. The van der Waals surface area contributed by atoms with E-state index in [1.807, 2.05) is 36.4 Å². The van der Waals surface area contributed by atoms with Crippen molar-refractivity contribution < 1.29 is 4.42 Å². The second-order valence-electron chi connectivity index (χ2n) is 6.67. The van der Waals surface area contributed by atoms with Crippen LogP contribution in [0.1, 0.15) is 16.7 Å². The highest BCUT2D eigenvalue weighted by molar-refractivity contribution is 6.08. The lowest BCUT2D eigenvalue weighted by Crippen LogP contribution is -2.16. The number of hydrogen-bond donors (Lipinski definition) is 0. The summed E-state index contributed by atoms with van der Waals surface area (Å²) in [6.45, 7) is 0.800. The molecule has 1 aromatic heterocycles. The number of nitrogens with zero attached hydrogens (tertiary/aromatic N) is 1. The average molecular weight is 376 g/mol. The summed E-state index contributed by atoms with van der Waals surface area (Å²) in [6.07, 6.45) is 1.61. The van der Waals surface area contributed by atoms with Crippen molar-refractivity contribution in [2.75, 3.05) is 6.54 Å². The minimum Gasteiger partial charge on any atom is -0.422 e. The van der Waals surface area contributed by atoms with Crippen molar-refractivity contribution in [3.8, 4) is 0 Å². The van der Waals surface area contributed by atoms with Gasteiger partial charge in [-0.25, -0.2) is 4.79 Å². The van der Waals surface area contributed by atoms with E-state index in [-0.39, 0.29) is 18.0 Å². The number of hydrogen-bond acceptors (Lipinski definition) is 3. The van der Waals surface area contributed by atoms with E-state index < -0.39 is 0 Å². The number of fused-ring (bicyclic) bond motifs is 4. The van der Waals surface area contributed by atoms with Crippen LogP contribution >= 0.6 is 12.4 Å². The van der Waals surface area contributed by atoms with Gasteiger partial charge >= 0.3 is 5.63 Å². The van der Waals surface area contributed by atoms with E-state index in [9.17, 15) is 4.79 Å². The Morgan fingerprint density at radius 3 is 2.67 bits per heavy atom. The van der Waals surface area contributed by atoms with Gasteiger partial charge in [-0.05, 0) is 28.5 Å². The van der Waals surface area contributed by atoms with Crippen molar-refractivity contribution in [1.82, 2.24) is 0 Å². The van der Waals surface area contributed by atoms with Crippen LogP contribution in [0.15, 0.2) is 80.9 Å². The minimum absolute atomic E-state index is 0. The van der Waals surface area contributed by atoms with Crippen molar-refractivity contribution in [3.63, 3.8) is 0 Å². The maximum absolute atomic E-state index is 12.2. The predicted molar refractivity (Wildman–Crippen MR) is 112 cm³/mol. The molecule has 0 radical (unpaired) electrons. The molecule has 0 saturated carbocycles. The Balaban J connectivity index is 0.00000180. The second-order valence-corrected chi connectivity index (χ2v) is 6.67. The Morgan fingerprint density at radius 1 is 0.926 bits per heavy atom. The van der Waals surface area contributed by atoms with E-state index in [4.69, 9.17) is 9.41 Å². The highest BCUT2D eigenvalue weighted by Gasteiger charge is 2.16. The molecule has 1 aliphatic heterocycles. The Morgan fingerprint density at radius 2 is 1.74 bits per heavy atom. The largest absolute Gasteiger partial charge is 0.422 e. The molecule has 0 unspecified atom stereocenters. The van der Waals surface area contributed by atoms with Crippen molar-refractivity contribution in [2.45, 2.75) is 12.8 Å². The molecule has 0 aliphatic carbocycles. The van der Waals surface area contributed by atoms with Gasteiger partial charge in [-0.3, -0.25) is 4.99 Å². The number of halogens is 1. The van der Waals surface area contributed by atoms with Gasteiger partial charge in [0, 0.05) is 35.5 Å². The standard InChI is InChI=1S/C23H17NO2.ClH/c25-22-14-17(13-21-18-7-3-1-6-16(18)11-12-24-21)20-10-9-15-5-2-4-8-19(15)23(20)26-22;/h1-10,14H,11-13H2;1H. The molecule has 134 valence electrons. The van der Waals surface area contributed by atoms with Gasteiger partial charge in [0.2, 0.25) is 0 Å². The van der Waals surface area contributed by atoms with E-state index in [0.717, 1.165) is 40.4 Å². The SMILES string of the molecule is Cl.O=c1cc(CC2=NCCc3ccccc32)c2ccc3ccccc3c2o1. The van der Waals surface area contributed by atoms with Crippen molar-refractivity contribution in [1.29, 1.82) is 0 Å². The van der Waals surface area contributed by atoms with Gasteiger partial charge in [0.15, 0.2) is 0 Å². The first-order chi connectivity index (χ1) is 12.8. The fourth-order valence-corrected chi connectivity index (χ4v) is 3.85. The van der Waals surface area contributed by atoms with Crippen LogP contribution in [0.2, 0.25) is 0 Å². The van der Waals surface area contributed by atoms with E-state index in [1.165, 1.54) is 11.1 Å². The lowest BCUT2D eigenvalue weighted by Gasteiger charge is -2.17. The third-order valence-electron chi connectivity index (χ3n) is 5.09. The highest BCUT2D eigenvalue weighted by atomic mass is 35.5. The third kappa shape index (κ3) is 3.04. The van der Waals surface area contributed by atoms with Gasteiger partial charge in [0.05, 0.1) is 0 Å². The molecule has 0 amide bonds. The molecule has 0 fully saturated rings. The van der Waals surface area contributed by atoms with E-state index in [2.05, 4.69) is 24.3 Å². The quantitative estimate of drug-likeness (QED) is 0.367. The zero-order valence-corrected chi connectivity index (χ0v) is 15.5. The number of rotatable bonds is 2. The molecule has 27 heavy (non-hydrogen) atoms. The minimum atomic E-state index is -0.312. The van der Waals surface area contributed by atoms with Gasteiger partial charge < -0.3 is 4.42 Å². The monoisotopic (exact) mass is 375 g/mol. The molecule has 0 saturated heterocycles. The summed E-state index contributed by atoms with van der Waals surface area (Å²) in [6, 6.07) is 22.1. The fourth-order valence-electron chi connectivity index (χ4n) is 3.85. The van der Waals surface area contributed by atoms with Gasteiger partial charge in [-0.2, -0.15) is 0 Å². The molecular formula is C23H18ClNO2. The van der Waals surface area contributed by atoms with Crippen molar-refractivity contribution in [2.24, 2.45) is 4.99 Å². The third-order valence-corrected chi connectivity index (χ3v) is 5.09. The molecule has 0 atom stereocenters. The summed E-state index contributed by atoms with van der Waals surface area (Å²) in [4.78, 5) is 17.0. The van der Waals surface area contributed by atoms with Gasteiger partial charge in [0.1, 0.15) is 5.58 Å². The summed E-state index contributed by atoms with van der Waals surface area (Å²) in [5, 5.41) is 3.02. The average Bonchev–Trinajstić information content (AvgIpc) is 2.68. The van der Waals surface area contributed by atoms with E-state index >= 15 is 0 Å². The molecule has 0 N–H and O–H groups in total. The summed E-state index contributed by atoms with van der Waals surface area (Å²) in [7, 11) is 0. The van der Waals surface area contributed by atoms with Crippen molar-refractivity contribution >= 4 is 39.9 Å². The van der Waals surface area contributed by atoms with Crippen LogP contribution in [0.25, 0.3) is 21.7 Å². The van der Waals surface area contributed by atoms with Gasteiger partial charge in [-0.15, -0.1) is 12.4 Å². The fraction of sp³-hybridized carbons (Fsp3) is 0.130. The summed E-state index contributed by atoms with van der Waals surface area (Å²) >= 11 is 0. The van der Waals surface area contributed by atoms with Gasteiger partial charge in [-0.1, -0.05) is 60.7 Å². The molecule has 0 spiro atoms. The van der Waals surface area contributed by atoms with E-state index in [0.29, 0.717) is 12.0 Å². The van der Waals surface area contributed by atoms with Crippen LogP contribution in [0.4, 0.5) is 0 Å². The summed E-state index contributed by atoms with van der Waals surface area (Å²) < 4.78 is 5.58. The first-order valence-corrected chi connectivity index (χ1v) is 8.86. The molecule has 4 aromatic rings. The van der Waals surface area contributed by atoms with Crippen LogP contribution in [-0.2, 0) is 12.8 Å². The Bertz CT molecular complexity index is 1240. The van der Waals surface area contributed by atoms with Crippen LogP contribution in [0.5, 0.6) is 0 Å². The number of benzene rings is 3. The van der Waals surface area contributed by atoms with Crippen LogP contribution in [0.3, 0.4) is 0 Å². The Kier molecular flexibility index (Phi) is 4.54. The molecule has 4 heteroatoms. The summed E-state index contributed by atoms with van der Waals surface area (Å²) in [5.41, 5.74) is 4.89. The predicted octanol–water partition coefficient (Wildman–Crippen LogP) is 4.96. The zero-order valence-electron chi connectivity index (χ0n) is 14.6. The Hall–Kier alpha value is -2.91. The van der Waals surface area contributed by atoms with Crippen LogP contribution in [0, 0.1) is 0 Å². The lowest BCUT2D eigenvalue weighted by atomic mass is 9.92. The maximum atomic E-state index is 12.2. The molecule has 1 aliphatic rings. The van der Waals surface area contributed by atoms with E-state index in [1.54, 1.807) is 6.07 Å². The zero-order chi connectivity index (χ0) is 17.5. The topological polar surface area (TPSA) is 42.6 Å². The van der Waals surface area contributed by atoms with Gasteiger partial charge in [0.25, 0.3) is 0 Å². The van der Waals surface area contributed by atoms with Crippen LogP contribution < -0.4 is 5.63 Å². The van der Waals surface area contributed by atoms with Crippen LogP contribution in [-0.4, -0.2) is 12.3 Å². The molecule has 3 aromatic carbocycles. The molecule has 0 bridgehead atoms. The molecule has 5 rings (SSSR count). The van der Waals surface area contributed by atoms with Crippen molar-refractivity contribution in [3.05, 3.63) is 93.8 Å². The lowest BCUT2D eigenvalue weighted by molar-refractivity contribution is 0.562. The first kappa shape index (κ1) is 17.5. The molecular weight excluding hydrogens is 358 g/mol. The maximum Gasteiger partial charge on any atom is 0.336 e. The molecule has 2 heterocycles. The summed E-state index contributed by atoms with van der Waals surface area (Å²) in [5.74, 6) is 0. The Labute approximate surface area is 162 Å². The highest BCUT2D eigenvalue weighted by Crippen LogP contribution is 2.28. The second kappa shape index (κ2) is 7.01. The first-order valence-electron chi connectivity index (χ1n) is 8.86.